The predicted octanol–water partition coefficient (Wildman–Crippen LogP) is 4.13. The van der Waals surface area contributed by atoms with Crippen LogP contribution in [0.15, 0.2) is 16.8 Å². The van der Waals surface area contributed by atoms with Crippen molar-refractivity contribution in [3.05, 3.63) is 11.6 Å². The molecule has 0 bridgehead atoms. The van der Waals surface area contributed by atoms with E-state index in [0.717, 1.165) is 44.2 Å². The average molecular weight is 485 g/mol. The molecule has 8 heteroatoms. The summed E-state index contributed by atoms with van der Waals surface area (Å²) in [5, 5.41) is 4.69. The molecule has 2 amide bonds. The maximum absolute atomic E-state index is 12.3. The largest absolute Gasteiger partial charge is 0.383 e. The maximum Gasteiger partial charge on any atom is 0.373 e. The summed E-state index contributed by atoms with van der Waals surface area (Å²) in [4.78, 5) is 57.5. The molecular formula is C27H36N2O6. The third-order valence-corrected chi connectivity index (χ3v) is 10.0. The average Bonchev–Trinajstić information content (AvgIpc) is 3.33. The number of hydroxylamine groups is 2. The molecule has 0 spiro atoms. The Morgan fingerprint density at radius 1 is 1.00 bits per heavy atom. The topological polar surface area (TPSA) is 102 Å². The normalized spacial score (nSPS) is 39.6. The van der Waals surface area contributed by atoms with E-state index in [1.165, 1.54) is 18.4 Å². The lowest BCUT2D eigenvalue weighted by Crippen LogP contribution is -2.51. The van der Waals surface area contributed by atoms with Crippen molar-refractivity contribution >= 4 is 29.3 Å². The molecule has 190 valence electrons. The summed E-state index contributed by atoms with van der Waals surface area (Å²) in [5.41, 5.74) is 2.55. The molecule has 1 aliphatic heterocycles. The lowest BCUT2D eigenvalue weighted by Gasteiger charge is -2.58. The minimum absolute atomic E-state index is 0.0563. The zero-order valence-electron chi connectivity index (χ0n) is 21.0. The fraction of sp³-hybridized carbons (Fsp3) is 0.741. The van der Waals surface area contributed by atoms with Gasteiger partial charge in [0.2, 0.25) is 6.61 Å². The van der Waals surface area contributed by atoms with Crippen molar-refractivity contribution in [3.8, 4) is 0 Å². The molecule has 1 heterocycles. The lowest BCUT2D eigenvalue weighted by atomic mass is 9.46. The first-order chi connectivity index (χ1) is 16.6. The molecule has 0 radical (unpaired) electrons. The van der Waals surface area contributed by atoms with Crippen molar-refractivity contribution in [2.24, 2.45) is 39.7 Å². The molecule has 0 aromatic carbocycles. The van der Waals surface area contributed by atoms with Crippen molar-refractivity contribution in [1.82, 2.24) is 5.06 Å². The number of oxime groups is 1. The fourth-order valence-corrected chi connectivity index (χ4v) is 8.26. The minimum atomic E-state index is -0.822. The highest BCUT2D eigenvalue weighted by atomic mass is 16.7. The van der Waals surface area contributed by atoms with Gasteiger partial charge in [0.15, 0.2) is 0 Å². The Bertz CT molecular complexity index is 1000. The zero-order valence-corrected chi connectivity index (χ0v) is 21.0. The first-order valence-electron chi connectivity index (χ1n) is 13.1. The van der Waals surface area contributed by atoms with E-state index in [0.29, 0.717) is 28.6 Å². The Balaban J connectivity index is 1.22. The van der Waals surface area contributed by atoms with Crippen LogP contribution >= 0.6 is 0 Å². The molecule has 0 aromatic heterocycles. The van der Waals surface area contributed by atoms with Gasteiger partial charge < -0.3 is 9.68 Å². The molecule has 0 N–H and O–H groups in total. The third-order valence-electron chi connectivity index (χ3n) is 10.0. The van der Waals surface area contributed by atoms with Crippen LogP contribution in [0.1, 0.15) is 85.0 Å². The number of hydrogen-bond acceptors (Lipinski definition) is 7. The standard InChI is InChI=1S/C27H36N2O6/c1-16(30)20-6-7-21-19-5-4-17-14-18(10-12-26(17,2)22(19)11-13-27(20,21)3)28-34-15-25(33)35-29-23(31)8-9-24(29)32/h14,19-22H,4-13,15H2,1-3H3/t19-,20+,21-,22-,26+,27-/m1/s1. The SMILES string of the molecule is CC(=O)[C@@H]1CC[C@@H]2[C@H]3CCC4=CC(=NOCC(=O)ON5C(=O)CCC5=O)CC[C@]4(C)[C@@H]3CC[C@@]21C. The first kappa shape index (κ1) is 24.2. The van der Waals surface area contributed by atoms with E-state index in [4.69, 9.17) is 9.68 Å². The smallest absolute Gasteiger partial charge is 0.373 e. The monoisotopic (exact) mass is 484 g/mol. The third kappa shape index (κ3) is 4.02. The maximum atomic E-state index is 12.3. The number of rotatable bonds is 5. The Morgan fingerprint density at radius 3 is 2.46 bits per heavy atom. The van der Waals surface area contributed by atoms with Gasteiger partial charge in [-0.1, -0.05) is 24.6 Å². The summed E-state index contributed by atoms with van der Waals surface area (Å²) in [7, 11) is 0. The van der Waals surface area contributed by atoms with Crippen LogP contribution in [0, 0.1) is 34.5 Å². The van der Waals surface area contributed by atoms with Gasteiger partial charge in [0.1, 0.15) is 5.78 Å². The van der Waals surface area contributed by atoms with Crippen molar-refractivity contribution in [2.45, 2.75) is 85.0 Å². The van der Waals surface area contributed by atoms with Crippen LogP contribution < -0.4 is 0 Å². The van der Waals surface area contributed by atoms with Crippen LogP contribution in [0.5, 0.6) is 0 Å². The second-order valence-electron chi connectivity index (χ2n) is 11.7. The Labute approximate surface area is 206 Å². The van der Waals surface area contributed by atoms with E-state index >= 15 is 0 Å². The van der Waals surface area contributed by atoms with Gasteiger partial charge in [0.05, 0.1) is 5.71 Å². The first-order valence-corrected chi connectivity index (χ1v) is 13.1. The van der Waals surface area contributed by atoms with Gasteiger partial charge in [-0.05, 0) is 93.0 Å². The molecule has 1 saturated heterocycles. The molecular weight excluding hydrogens is 448 g/mol. The zero-order chi connectivity index (χ0) is 25.0. The number of amides is 2. The number of carbonyl (C=O) groups is 4. The Morgan fingerprint density at radius 2 is 1.74 bits per heavy atom. The number of hydrogen-bond donors (Lipinski definition) is 0. The van der Waals surface area contributed by atoms with E-state index in [2.05, 4.69) is 25.1 Å². The number of fused-ring (bicyclic) bond motifs is 5. The van der Waals surface area contributed by atoms with Crippen molar-refractivity contribution < 1.29 is 28.9 Å². The van der Waals surface area contributed by atoms with E-state index in [-0.39, 0.29) is 29.6 Å². The Kier molecular flexibility index (Phi) is 6.12. The van der Waals surface area contributed by atoms with Crippen molar-refractivity contribution in [1.29, 1.82) is 0 Å². The molecule has 3 saturated carbocycles. The van der Waals surface area contributed by atoms with E-state index in [9.17, 15) is 19.2 Å². The second kappa shape index (κ2) is 8.86. The molecule has 0 unspecified atom stereocenters. The predicted molar refractivity (Wildman–Crippen MR) is 126 cm³/mol. The highest BCUT2D eigenvalue weighted by Gasteiger charge is 2.59. The highest BCUT2D eigenvalue weighted by Crippen LogP contribution is 2.66. The van der Waals surface area contributed by atoms with Crippen molar-refractivity contribution in [2.75, 3.05) is 6.61 Å². The number of imide groups is 1. The molecule has 35 heavy (non-hydrogen) atoms. The van der Waals surface area contributed by atoms with Gasteiger partial charge in [-0.25, -0.2) is 4.79 Å². The Hall–Kier alpha value is -2.51. The summed E-state index contributed by atoms with van der Waals surface area (Å²) >= 11 is 0. The number of Topliss-reactive ketones (excluding diaryl/α,β-unsaturated/α-hetero) is 1. The van der Waals surface area contributed by atoms with Gasteiger partial charge in [-0.15, -0.1) is 5.06 Å². The summed E-state index contributed by atoms with van der Waals surface area (Å²) in [6, 6.07) is 0. The molecule has 0 aromatic rings. The van der Waals surface area contributed by atoms with Crippen LogP contribution in [0.4, 0.5) is 0 Å². The quantitative estimate of drug-likeness (QED) is 0.429. The van der Waals surface area contributed by atoms with E-state index < -0.39 is 24.4 Å². The lowest BCUT2D eigenvalue weighted by molar-refractivity contribution is -0.200. The number of carbonyl (C=O) groups excluding carboxylic acids is 4. The van der Waals surface area contributed by atoms with Gasteiger partial charge in [0, 0.05) is 18.8 Å². The van der Waals surface area contributed by atoms with Crippen LogP contribution in [0.3, 0.4) is 0 Å². The number of allylic oxidation sites excluding steroid dienone is 2. The van der Waals surface area contributed by atoms with Crippen LogP contribution in [0.25, 0.3) is 0 Å². The van der Waals surface area contributed by atoms with Crippen LogP contribution in [0.2, 0.25) is 0 Å². The molecule has 4 aliphatic carbocycles. The van der Waals surface area contributed by atoms with E-state index in [1.807, 2.05) is 0 Å². The highest BCUT2D eigenvalue weighted by molar-refractivity contribution is 6.01. The molecule has 5 rings (SSSR count). The van der Waals surface area contributed by atoms with Gasteiger partial charge in [-0.3, -0.25) is 14.4 Å². The second-order valence-corrected chi connectivity index (χ2v) is 11.7. The van der Waals surface area contributed by atoms with Gasteiger partial charge in [-0.2, -0.15) is 0 Å². The number of ketones is 1. The summed E-state index contributed by atoms with van der Waals surface area (Å²) in [6.07, 6.45) is 10.8. The molecule has 8 nitrogen and oxygen atoms in total. The van der Waals surface area contributed by atoms with Gasteiger partial charge >= 0.3 is 5.97 Å². The minimum Gasteiger partial charge on any atom is -0.383 e. The molecule has 5 aliphatic rings. The molecule has 4 fully saturated rings. The summed E-state index contributed by atoms with van der Waals surface area (Å²) in [6.45, 7) is 6.12. The van der Waals surface area contributed by atoms with E-state index in [1.54, 1.807) is 6.92 Å². The fourth-order valence-electron chi connectivity index (χ4n) is 8.26. The van der Waals surface area contributed by atoms with Crippen LogP contribution in [-0.2, 0) is 28.9 Å². The van der Waals surface area contributed by atoms with Gasteiger partial charge in [0.25, 0.3) is 11.8 Å². The van der Waals surface area contributed by atoms with Crippen molar-refractivity contribution in [3.63, 3.8) is 0 Å². The van der Waals surface area contributed by atoms with Crippen LogP contribution in [-0.4, -0.2) is 40.9 Å². The summed E-state index contributed by atoms with van der Waals surface area (Å²) < 4.78 is 0. The number of nitrogens with zero attached hydrogens (tertiary/aromatic N) is 2. The summed E-state index contributed by atoms with van der Waals surface area (Å²) in [5.74, 6) is 0.716. The molecule has 6 atom stereocenters.